The molecule has 2 aromatic carbocycles. The number of rotatable bonds is 5. The number of carbonyl (C=O) groups is 1. The van der Waals surface area contributed by atoms with Crippen molar-refractivity contribution in [3.05, 3.63) is 59.1 Å². The summed E-state index contributed by atoms with van der Waals surface area (Å²) in [6, 6.07) is 12.9. The predicted molar refractivity (Wildman–Crippen MR) is 83.5 cm³/mol. The van der Waals surface area contributed by atoms with Crippen LogP contribution in [0.3, 0.4) is 0 Å². The fraction of sp³-hybridized carbons (Fsp3) is 0.133. The van der Waals surface area contributed by atoms with Crippen LogP contribution in [0.5, 0.6) is 5.75 Å². The van der Waals surface area contributed by atoms with Crippen molar-refractivity contribution in [2.45, 2.75) is 11.3 Å². The largest absolute Gasteiger partial charge is 0.379 e. The Bertz CT molecular complexity index is 790. The number of sulfone groups is 1. The van der Waals surface area contributed by atoms with Crippen molar-refractivity contribution in [1.29, 1.82) is 0 Å². The van der Waals surface area contributed by atoms with E-state index >= 15 is 0 Å². The molecule has 0 aliphatic carbocycles. The number of nitrogens with one attached hydrogen (secondary N) is 1. The molecule has 0 spiro atoms. The van der Waals surface area contributed by atoms with Crippen molar-refractivity contribution in [2.75, 3.05) is 6.26 Å². The Morgan fingerprint density at radius 1 is 1.18 bits per heavy atom. The van der Waals surface area contributed by atoms with Gasteiger partial charge >= 0.3 is 0 Å². The molecule has 0 saturated carbocycles. The van der Waals surface area contributed by atoms with Crippen molar-refractivity contribution in [2.24, 2.45) is 0 Å². The Morgan fingerprint density at radius 2 is 1.91 bits per heavy atom. The molecule has 0 unspecified atom stereocenters. The Hall–Kier alpha value is -2.05. The lowest BCUT2D eigenvalue weighted by Gasteiger charge is -2.08. The van der Waals surface area contributed by atoms with Gasteiger partial charge in [-0.3, -0.25) is 4.79 Å². The van der Waals surface area contributed by atoms with Gasteiger partial charge in [0.25, 0.3) is 5.91 Å². The van der Waals surface area contributed by atoms with Gasteiger partial charge in [0.1, 0.15) is 0 Å². The van der Waals surface area contributed by atoms with E-state index in [1.54, 1.807) is 30.3 Å². The highest BCUT2D eigenvalue weighted by Gasteiger charge is 2.10. The van der Waals surface area contributed by atoms with Gasteiger partial charge in [-0.2, -0.15) is 5.48 Å². The van der Waals surface area contributed by atoms with Gasteiger partial charge in [-0.1, -0.05) is 35.9 Å². The van der Waals surface area contributed by atoms with Crippen molar-refractivity contribution in [3.63, 3.8) is 0 Å². The summed E-state index contributed by atoms with van der Waals surface area (Å²) in [5.74, 6) is -0.159. The second-order valence-electron chi connectivity index (χ2n) is 4.64. The third-order valence-electron chi connectivity index (χ3n) is 2.83. The SMILES string of the molecule is CS(=O)(=O)c1cccc(ONC(=O)Cc2ccccc2Cl)c1. The highest BCUT2D eigenvalue weighted by molar-refractivity contribution is 7.90. The molecule has 0 radical (unpaired) electrons. The fourth-order valence-corrected chi connectivity index (χ4v) is 2.59. The number of benzene rings is 2. The number of hydroxylamine groups is 1. The van der Waals surface area contributed by atoms with Crippen molar-refractivity contribution >= 4 is 27.3 Å². The van der Waals surface area contributed by atoms with Crippen LogP contribution in [0.2, 0.25) is 5.02 Å². The Kier molecular flexibility index (Phi) is 5.05. The molecule has 22 heavy (non-hydrogen) atoms. The lowest BCUT2D eigenvalue weighted by molar-refractivity contribution is -0.126. The normalized spacial score (nSPS) is 11.0. The lowest BCUT2D eigenvalue weighted by atomic mass is 10.1. The molecule has 0 heterocycles. The summed E-state index contributed by atoms with van der Waals surface area (Å²) in [7, 11) is -3.33. The van der Waals surface area contributed by atoms with Gasteiger partial charge in [-0.05, 0) is 23.8 Å². The zero-order chi connectivity index (χ0) is 16.2. The minimum absolute atomic E-state index is 0.0610. The third-order valence-corrected chi connectivity index (χ3v) is 4.30. The van der Waals surface area contributed by atoms with Gasteiger partial charge in [-0.25, -0.2) is 8.42 Å². The molecular weight excluding hydrogens is 326 g/mol. The molecule has 0 fully saturated rings. The van der Waals surface area contributed by atoms with Crippen LogP contribution in [-0.2, 0) is 21.1 Å². The quantitative estimate of drug-likeness (QED) is 0.849. The number of amides is 1. The van der Waals surface area contributed by atoms with Gasteiger partial charge in [0, 0.05) is 17.3 Å². The summed E-state index contributed by atoms with van der Waals surface area (Å²) in [4.78, 5) is 17.0. The van der Waals surface area contributed by atoms with Gasteiger partial charge < -0.3 is 4.84 Å². The molecule has 0 bridgehead atoms. The summed E-state index contributed by atoms with van der Waals surface area (Å²) in [6.45, 7) is 0. The number of hydrogen-bond acceptors (Lipinski definition) is 4. The summed E-state index contributed by atoms with van der Waals surface area (Å²) < 4.78 is 22.9. The molecule has 2 rings (SSSR count). The van der Waals surface area contributed by atoms with Crippen LogP contribution >= 0.6 is 11.6 Å². The molecule has 2 aromatic rings. The van der Waals surface area contributed by atoms with E-state index in [1.807, 2.05) is 0 Å². The molecule has 0 aliphatic heterocycles. The monoisotopic (exact) mass is 339 g/mol. The summed E-state index contributed by atoms with van der Waals surface area (Å²) in [5, 5.41) is 0.497. The van der Waals surface area contributed by atoms with Gasteiger partial charge in [0.05, 0.1) is 11.3 Å². The van der Waals surface area contributed by atoms with Crippen LogP contribution in [0.4, 0.5) is 0 Å². The maximum atomic E-state index is 11.8. The Balaban J connectivity index is 1.99. The van der Waals surface area contributed by atoms with Crippen LogP contribution in [-0.4, -0.2) is 20.6 Å². The summed E-state index contributed by atoms with van der Waals surface area (Å²) in [6.07, 6.45) is 1.16. The minimum atomic E-state index is -3.33. The predicted octanol–water partition coefficient (Wildman–Crippen LogP) is 2.40. The van der Waals surface area contributed by atoms with Crippen LogP contribution in [0.15, 0.2) is 53.4 Å². The number of hydrogen-bond donors (Lipinski definition) is 1. The zero-order valence-electron chi connectivity index (χ0n) is 11.7. The summed E-state index contributed by atoms with van der Waals surface area (Å²) >= 11 is 5.97. The second-order valence-corrected chi connectivity index (χ2v) is 7.07. The average molecular weight is 340 g/mol. The van der Waals surface area contributed by atoms with Crippen LogP contribution in [0.1, 0.15) is 5.56 Å². The first-order valence-electron chi connectivity index (χ1n) is 6.35. The number of halogens is 1. The highest BCUT2D eigenvalue weighted by atomic mass is 35.5. The van der Waals surface area contributed by atoms with E-state index in [4.69, 9.17) is 16.4 Å². The maximum absolute atomic E-state index is 11.8. The number of carbonyl (C=O) groups excluding carboxylic acids is 1. The zero-order valence-corrected chi connectivity index (χ0v) is 13.3. The summed E-state index contributed by atoms with van der Waals surface area (Å²) in [5.41, 5.74) is 2.94. The average Bonchev–Trinajstić information content (AvgIpc) is 2.47. The molecule has 5 nitrogen and oxygen atoms in total. The van der Waals surface area contributed by atoms with Crippen LogP contribution in [0.25, 0.3) is 0 Å². The van der Waals surface area contributed by atoms with Gasteiger partial charge in [0.2, 0.25) is 0 Å². The first-order chi connectivity index (χ1) is 10.4. The van der Waals surface area contributed by atoms with E-state index in [0.29, 0.717) is 10.6 Å². The fourth-order valence-electron chi connectivity index (χ4n) is 1.74. The van der Waals surface area contributed by atoms with E-state index < -0.39 is 15.7 Å². The molecule has 1 amide bonds. The molecule has 1 N–H and O–H groups in total. The molecule has 0 aliphatic rings. The maximum Gasteiger partial charge on any atom is 0.257 e. The van der Waals surface area contributed by atoms with Crippen molar-refractivity contribution in [1.82, 2.24) is 5.48 Å². The van der Waals surface area contributed by atoms with Crippen LogP contribution < -0.4 is 10.3 Å². The molecule has 0 saturated heterocycles. The highest BCUT2D eigenvalue weighted by Crippen LogP contribution is 2.17. The molecule has 7 heteroatoms. The van der Waals surface area contributed by atoms with Gasteiger partial charge in [0.15, 0.2) is 15.6 Å². The van der Waals surface area contributed by atoms with E-state index in [1.165, 1.54) is 18.2 Å². The molecule has 116 valence electrons. The first kappa shape index (κ1) is 16.3. The topological polar surface area (TPSA) is 72.5 Å². The first-order valence-corrected chi connectivity index (χ1v) is 8.62. The van der Waals surface area contributed by atoms with Gasteiger partial charge in [-0.15, -0.1) is 0 Å². The smallest absolute Gasteiger partial charge is 0.257 e. The second kappa shape index (κ2) is 6.81. The Morgan fingerprint density at radius 3 is 2.59 bits per heavy atom. The molecular formula is C15H14ClNO4S. The van der Waals surface area contributed by atoms with E-state index in [2.05, 4.69) is 5.48 Å². The van der Waals surface area contributed by atoms with E-state index in [0.717, 1.165) is 6.26 Å². The molecule has 0 atom stereocenters. The van der Waals surface area contributed by atoms with E-state index in [9.17, 15) is 13.2 Å². The lowest BCUT2D eigenvalue weighted by Crippen LogP contribution is -2.28. The minimum Gasteiger partial charge on any atom is -0.379 e. The van der Waals surface area contributed by atoms with Crippen molar-refractivity contribution in [3.8, 4) is 5.75 Å². The third kappa shape index (κ3) is 4.47. The molecule has 0 aromatic heterocycles. The Labute approximate surface area is 133 Å². The van der Waals surface area contributed by atoms with Crippen LogP contribution in [0, 0.1) is 0 Å². The van der Waals surface area contributed by atoms with E-state index in [-0.39, 0.29) is 17.1 Å². The standard InChI is InChI=1S/C15H14ClNO4S/c1-22(19,20)13-7-4-6-12(10-13)21-17-15(18)9-11-5-2-3-8-14(11)16/h2-8,10H,9H2,1H3,(H,17,18). The van der Waals surface area contributed by atoms with Crippen molar-refractivity contribution < 1.29 is 18.0 Å².